The maximum Gasteiger partial charge on any atom is 0.308 e. The van der Waals surface area contributed by atoms with Gasteiger partial charge in [0.05, 0.1) is 13.0 Å². The second-order valence-electron chi connectivity index (χ2n) is 11.2. The molecule has 2 aromatic heterocycles. The van der Waals surface area contributed by atoms with Crippen LogP contribution < -0.4 is 5.32 Å². The number of carbonyl (C=O) groups excluding carboxylic acids is 4. The quantitative estimate of drug-likeness (QED) is 0.328. The molecule has 0 saturated heterocycles. The van der Waals surface area contributed by atoms with Gasteiger partial charge in [0, 0.05) is 62.6 Å². The Labute approximate surface area is 245 Å². The van der Waals surface area contributed by atoms with Crippen LogP contribution in [-0.2, 0) is 30.3 Å². The van der Waals surface area contributed by atoms with E-state index in [2.05, 4.69) is 20.3 Å². The summed E-state index contributed by atoms with van der Waals surface area (Å²) < 4.78 is 10.5. The second kappa shape index (κ2) is 14.5. The van der Waals surface area contributed by atoms with E-state index < -0.39 is 29.9 Å². The Morgan fingerprint density at radius 1 is 1.12 bits per heavy atom. The molecule has 1 N–H and O–H groups in total. The minimum Gasteiger partial charge on any atom is -0.469 e. The molecule has 4 atom stereocenters. The first-order valence-corrected chi connectivity index (χ1v) is 14.8. The number of rotatable bonds is 14. The molecule has 0 aromatic carbocycles. The number of hydrogen-bond donors (Lipinski definition) is 1. The smallest absolute Gasteiger partial charge is 0.308 e. The van der Waals surface area contributed by atoms with Crippen molar-refractivity contribution in [3.8, 4) is 0 Å². The summed E-state index contributed by atoms with van der Waals surface area (Å²) in [7, 11) is 3.12. The number of nitrogens with one attached hydrogen (secondary N) is 1. The summed E-state index contributed by atoms with van der Waals surface area (Å²) in [5, 5.41) is 5.06. The van der Waals surface area contributed by atoms with Crippen molar-refractivity contribution in [2.45, 2.75) is 84.9 Å². The summed E-state index contributed by atoms with van der Waals surface area (Å²) in [6.45, 7) is 9.01. The van der Waals surface area contributed by atoms with Gasteiger partial charge in [0.25, 0.3) is 5.91 Å². The van der Waals surface area contributed by atoms with Crippen molar-refractivity contribution < 1.29 is 28.7 Å². The zero-order valence-corrected chi connectivity index (χ0v) is 25.7. The van der Waals surface area contributed by atoms with Gasteiger partial charge >= 0.3 is 11.9 Å². The van der Waals surface area contributed by atoms with Gasteiger partial charge in [0.1, 0.15) is 16.5 Å². The summed E-state index contributed by atoms with van der Waals surface area (Å²) >= 11 is 1.22. The number of methoxy groups -OCH3 is 1. The van der Waals surface area contributed by atoms with Gasteiger partial charge < -0.3 is 19.7 Å². The van der Waals surface area contributed by atoms with Gasteiger partial charge in [0.2, 0.25) is 5.91 Å². The first-order chi connectivity index (χ1) is 19.4. The van der Waals surface area contributed by atoms with Crippen molar-refractivity contribution in [2.75, 3.05) is 14.2 Å². The average molecular weight is 588 g/mol. The van der Waals surface area contributed by atoms with E-state index in [-0.39, 0.29) is 35.4 Å². The molecule has 224 valence electrons. The zero-order valence-electron chi connectivity index (χ0n) is 24.9. The molecule has 0 aliphatic heterocycles. The van der Waals surface area contributed by atoms with Crippen LogP contribution in [0, 0.1) is 24.7 Å². The SMILES string of the molecule is COC(=O)C(C)C[C@H](Cc1ncc(C)cn1)NC(=O)c1csc(C(CC(C(C)C)N(C)C(=O)C2CC2)OC(C)=O)n1. The number of aromatic nitrogens is 3. The maximum atomic E-state index is 13.3. The van der Waals surface area contributed by atoms with Gasteiger partial charge in [-0.1, -0.05) is 20.8 Å². The Bertz CT molecular complexity index is 1210. The summed E-state index contributed by atoms with van der Waals surface area (Å²) in [5.41, 5.74) is 1.09. The highest BCUT2D eigenvalue weighted by Crippen LogP contribution is 2.35. The highest BCUT2D eigenvalue weighted by atomic mass is 32.1. The minimum atomic E-state index is -0.711. The topological polar surface area (TPSA) is 141 Å². The van der Waals surface area contributed by atoms with Crippen LogP contribution in [0.25, 0.3) is 0 Å². The first-order valence-electron chi connectivity index (χ1n) is 13.9. The second-order valence-corrected chi connectivity index (χ2v) is 12.0. The monoisotopic (exact) mass is 587 g/mol. The number of hydrogen-bond acceptors (Lipinski definition) is 10. The lowest BCUT2D eigenvalue weighted by Crippen LogP contribution is -2.42. The summed E-state index contributed by atoms with van der Waals surface area (Å²) in [4.78, 5) is 65.2. The Balaban J connectivity index is 1.77. The van der Waals surface area contributed by atoms with Gasteiger partial charge in [-0.25, -0.2) is 15.0 Å². The number of ether oxygens (including phenoxy) is 2. The van der Waals surface area contributed by atoms with Crippen molar-refractivity contribution in [1.82, 2.24) is 25.2 Å². The lowest BCUT2D eigenvalue weighted by Gasteiger charge is -2.33. The van der Waals surface area contributed by atoms with Crippen molar-refractivity contribution in [2.24, 2.45) is 17.8 Å². The van der Waals surface area contributed by atoms with Crippen LogP contribution in [0.3, 0.4) is 0 Å². The van der Waals surface area contributed by atoms with Crippen LogP contribution in [0.1, 0.15) is 86.4 Å². The molecule has 1 aliphatic carbocycles. The average Bonchev–Trinajstić information content (AvgIpc) is 3.66. The molecule has 3 rings (SSSR count). The van der Waals surface area contributed by atoms with Gasteiger partial charge in [-0.05, 0) is 37.7 Å². The van der Waals surface area contributed by atoms with Gasteiger partial charge in [0.15, 0.2) is 6.10 Å². The van der Waals surface area contributed by atoms with E-state index in [0.29, 0.717) is 30.1 Å². The van der Waals surface area contributed by atoms with Crippen molar-refractivity contribution in [3.63, 3.8) is 0 Å². The third-order valence-electron chi connectivity index (χ3n) is 7.18. The first kappa shape index (κ1) is 32.1. The standard InChI is InChI=1S/C29H41N5O6S/c1-16(2)23(34(6)28(37)20-8-9-20)12-24(40-19(5)35)27-33-22(15-41-27)26(36)32-21(10-18(4)29(38)39-7)11-25-30-13-17(3)14-31-25/h13-16,18,20-21,23-24H,8-12H2,1-7H3,(H,32,36)/t18?,21-,23?,24?/m1/s1. The predicted molar refractivity (Wildman–Crippen MR) is 153 cm³/mol. The molecule has 0 bridgehead atoms. The van der Waals surface area contributed by atoms with Crippen LogP contribution in [0.4, 0.5) is 0 Å². The Kier molecular flexibility index (Phi) is 11.3. The Hall–Kier alpha value is -3.41. The summed E-state index contributed by atoms with van der Waals surface area (Å²) in [6, 6.07) is -0.631. The molecule has 1 fully saturated rings. The Morgan fingerprint density at radius 3 is 2.34 bits per heavy atom. The molecule has 41 heavy (non-hydrogen) atoms. The summed E-state index contributed by atoms with van der Waals surface area (Å²) in [5.74, 6) is -0.897. The van der Waals surface area contributed by atoms with E-state index in [1.54, 1.807) is 36.6 Å². The molecule has 2 heterocycles. The number of thiazole rings is 1. The van der Waals surface area contributed by atoms with Crippen LogP contribution in [0.15, 0.2) is 17.8 Å². The molecule has 2 amide bonds. The number of carbonyl (C=O) groups is 4. The molecule has 11 nitrogen and oxygen atoms in total. The van der Waals surface area contributed by atoms with Gasteiger partial charge in [-0.2, -0.15) is 0 Å². The van der Waals surface area contributed by atoms with Crippen LogP contribution in [0.5, 0.6) is 0 Å². The molecule has 0 radical (unpaired) electrons. The van der Waals surface area contributed by atoms with Crippen LogP contribution >= 0.6 is 11.3 Å². The van der Waals surface area contributed by atoms with Gasteiger partial charge in [-0.15, -0.1) is 11.3 Å². The fourth-order valence-corrected chi connectivity index (χ4v) is 5.58. The number of esters is 2. The predicted octanol–water partition coefficient (Wildman–Crippen LogP) is 3.67. The zero-order chi connectivity index (χ0) is 30.3. The molecule has 12 heteroatoms. The molecular weight excluding hydrogens is 546 g/mol. The Morgan fingerprint density at radius 2 is 1.78 bits per heavy atom. The van der Waals surface area contributed by atoms with E-state index in [9.17, 15) is 19.2 Å². The largest absolute Gasteiger partial charge is 0.469 e. The maximum absolute atomic E-state index is 13.3. The number of nitrogens with zero attached hydrogens (tertiary/aromatic N) is 4. The van der Waals surface area contributed by atoms with Crippen molar-refractivity contribution >= 4 is 35.1 Å². The van der Waals surface area contributed by atoms with Crippen molar-refractivity contribution in [3.05, 3.63) is 39.9 Å². The number of amides is 2. The van der Waals surface area contributed by atoms with Crippen LogP contribution in [0.2, 0.25) is 0 Å². The lowest BCUT2D eigenvalue weighted by molar-refractivity contribution is -0.148. The van der Waals surface area contributed by atoms with E-state index in [4.69, 9.17) is 9.47 Å². The van der Waals surface area contributed by atoms with E-state index in [1.807, 2.05) is 20.8 Å². The third-order valence-corrected chi connectivity index (χ3v) is 8.11. The van der Waals surface area contributed by atoms with E-state index >= 15 is 0 Å². The number of aryl methyl sites for hydroxylation is 1. The molecule has 2 aromatic rings. The van der Waals surface area contributed by atoms with Crippen LogP contribution in [-0.4, -0.2) is 69.8 Å². The molecule has 3 unspecified atom stereocenters. The third kappa shape index (κ3) is 9.31. The minimum absolute atomic E-state index is 0.0729. The van der Waals surface area contributed by atoms with E-state index in [0.717, 1.165) is 18.4 Å². The van der Waals surface area contributed by atoms with Crippen molar-refractivity contribution in [1.29, 1.82) is 0 Å². The molecule has 1 aliphatic rings. The summed E-state index contributed by atoms with van der Waals surface area (Å²) in [6.07, 6.45) is 5.50. The fourth-order valence-electron chi connectivity index (χ4n) is 4.74. The lowest BCUT2D eigenvalue weighted by atomic mass is 9.96. The molecular formula is C29H41N5O6S. The van der Waals surface area contributed by atoms with Gasteiger partial charge in [-0.3, -0.25) is 19.2 Å². The normalized spacial score (nSPS) is 15.9. The van der Waals surface area contributed by atoms with E-state index in [1.165, 1.54) is 25.4 Å². The highest BCUT2D eigenvalue weighted by molar-refractivity contribution is 7.09. The molecule has 0 spiro atoms. The molecule has 1 saturated carbocycles. The fraction of sp³-hybridized carbons (Fsp3) is 0.621. The highest BCUT2D eigenvalue weighted by Gasteiger charge is 2.37.